The van der Waals surface area contributed by atoms with Crippen molar-refractivity contribution >= 4 is 23.1 Å². The Kier molecular flexibility index (Phi) is 4.99. The maximum atomic E-state index is 5.80. The third-order valence-electron chi connectivity index (χ3n) is 2.39. The van der Waals surface area contributed by atoms with Crippen molar-refractivity contribution in [3.8, 4) is 0 Å². The highest BCUT2D eigenvalue weighted by Gasteiger charge is 2.17. The molecule has 1 aromatic rings. The fraction of sp³-hybridized carbons (Fsp3) is 0.636. The van der Waals surface area contributed by atoms with E-state index in [0.29, 0.717) is 16.4 Å². The monoisotopic (exact) mass is 229 g/mol. The van der Waals surface area contributed by atoms with Crippen molar-refractivity contribution in [3.05, 3.63) is 22.4 Å². The summed E-state index contributed by atoms with van der Waals surface area (Å²) in [6, 6.07) is 4.28. The minimum atomic E-state index is 0.479. The average Bonchev–Trinajstić information content (AvgIpc) is 2.66. The summed E-state index contributed by atoms with van der Waals surface area (Å²) < 4.78 is 0. The number of thiophene rings is 1. The maximum Gasteiger partial charge on any atom is 0.0516 e. The molecule has 2 atom stereocenters. The third-order valence-corrected chi connectivity index (χ3v) is 5.28. The molecule has 0 aliphatic carbocycles. The van der Waals surface area contributed by atoms with E-state index in [0.717, 1.165) is 6.54 Å². The third kappa shape index (κ3) is 3.30. The normalized spacial score (nSPS) is 15.8. The number of thioether (sulfide) groups is 1. The van der Waals surface area contributed by atoms with Crippen LogP contribution in [0, 0.1) is 5.92 Å². The molecule has 0 aliphatic heterocycles. The standard InChI is InChI=1S/C11H19NS2/c1-8(2)9(3)14-11(7-12)10-5-4-6-13-10/h4-6,8-9,11H,7,12H2,1-3H3. The Balaban J connectivity index is 2.56. The average molecular weight is 229 g/mol. The molecule has 0 bridgehead atoms. The Labute approximate surface area is 95.1 Å². The fourth-order valence-electron chi connectivity index (χ4n) is 1.13. The first-order valence-electron chi connectivity index (χ1n) is 5.04. The van der Waals surface area contributed by atoms with E-state index in [2.05, 4.69) is 38.3 Å². The minimum absolute atomic E-state index is 0.479. The highest BCUT2D eigenvalue weighted by Crippen LogP contribution is 2.36. The predicted molar refractivity (Wildman–Crippen MR) is 68.0 cm³/mol. The molecule has 80 valence electrons. The molecule has 0 spiro atoms. The Morgan fingerprint density at radius 1 is 1.43 bits per heavy atom. The summed E-state index contributed by atoms with van der Waals surface area (Å²) in [7, 11) is 0. The van der Waals surface area contributed by atoms with Gasteiger partial charge in [0.1, 0.15) is 0 Å². The Morgan fingerprint density at radius 2 is 2.14 bits per heavy atom. The summed E-state index contributed by atoms with van der Waals surface area (Å²) in [5.74, 6) is 0.717. The van der Waals surface area contributed by atoms with Gasteiger partial charge in [0.15, 0.2) is 0 Å². The van der Waals surface area contributed by atoms with Gasteiger partial charge in [-0.2, -0.15) is 0 Å². The molecule has 0 saturated heterocycles. The molecule has 0 aromatic carbocycles. The predicted octanol–water partition coefficient (Wildman–Crippen LogP) is 3.53. The van der Waals surface area contributed by atoms with Crippen molar-refractivity contribution in [2.24, 2.45) is 11.7 Å². The zero-order valence-corrected chi connectivity index (χ0v) is 10.7. The van der Waals surface area contributed by atoms with Gasteiger partial charge in [-0.1, -0.05) is 26.8 Å². The second kappa shape index (κ2) is 5.79. The van der Waals surface area contributed by atoms with Crippen LogP contribution in [-0.2, 0) is 0 Å². The highest BCUT2D eigenvalue weighted by atomic mass is 32.2. The molecule has 0 radical (unpaired) electrons. The Bertz CT molecular complexity index is 244. The van der Waals surface area contributed by atoms with E-state index in [1.165, 1.54) is 4.88 Å². The SMILES string of the molecule is CC(C)C(C)SC(CN)c1cccs1. The molecular weight excluding hydrogens is 210 g/mol. The van der Waals surface area contributed by atoms with E-state index in [1.54, 1.807) is 0 Å². The molecule has 2 N–H and O–H groups in total. The summed E-state index contributed by atoms with van der Waals surface area (Å²) in [5, 5.41) is 3.27. The molecule has 1 nitrogen and oxygen atoms in total. The van der Waals surface area contributed by atoms with Crippen LogP contribution in [0.15, 0.2) is 17.5 Å². The van der Waals surface area contributed by atoms with Crippen LogP contribution in [0.4, 0.5) is 0 Å². The maximum absolute atomic E-state index is 5.80. The van der Waals surface area contributed by atoms with Gasteiger partial charge in [0.05, 0.1) is 5.25 Å². The van der Waals surface area contributed by atoms with Gasteiger partial charge in [0.2, 0.25) is 0 Å². The van der Waals surface area contributed by atoms with E-state index in [9.17, 15) is 0 Å². The van der Waals surface area contributed by atoms with Gasteiger partial charge in [0, 0.05) is 16.7 Å². The van der Waals surface area contributed by atoms with E-state index in [4.69, 9.17) is 5.73 Å². The molecular formula is C11H19NS2. The van der Waals surface area contributed by atoms with E-state index >= 15 is 0 Å². The second-order valence-corrected chi connectivity index (χ2v) is 6.39. The summed E-state index contributed by atoms with van der Waals surface area (Å²) in [6.45, 7) is 7.55. The Hall–Kier alpha value is 0.01000. The quantitative estimate of drug-likeness (QED) is 0.836. The highest BCUT2D eigenvalue weighted by molar-refractivity contribution is 8.00. The molecule has 0 fully saturated rings. The second-order valence-electron chi connectivity index (χ2n) is 3.82. The van der Waals surface area contributed by atoms with Crippen molar-refractivity contribution in [1.82, 2.24) is 0 Å². The lowest BCUT2D eigenvalue weighted by Crippen LogP contribution is -2.14. The summed E-state index contributed by atoms with van der Waals surface area (Å²) in [4.78, 5) is 1.41. The van der Waals surface area contributed by atoms with Crippen molar-refractivity contribution < 1.29 is 0 Å². The molecule has 0 aliphatic rings. The van der Waals surface area contributed by atoms with Gasteiger partial charge >= 0.3 is 0 Å². The molecule has 2 unspecified atom stereocenters. The van der Waals surface area contributed by atoms with Crippen LogP contribution < -0.4 is 5.73 Å². The molecule has 14 heavy (non-hydrogen) atoms. The number of nitrogens with two attached hydrogens (primary N) is 1. The van der Waals surface area contributed by atoms with E-state index in [-0.39, 0.29) is 0 Å². The molecule has 0 amide bonds. The van der Waals surface area contributed by atoms with Crippen LogP contribution in [0.3, 0.4) is 0 Å². The summed E-state index contributed by atoms with van der Waals surface area (Å²) in [6.07, 6.45) is 0. The Morgan fingerprint density at radius 3 is 2.57 bits per heavy atom. The molecule has 3 heteroatoms. The van der Waals surface area contributed by atoms with Gasteiger partial charge in [-0.05, 0) is 17.4 Å². The topological polar surface area (TPSA) is 26.0 Å². The molecule has 1 aromatic heterocycles. The lowest BCUT2D eigenvalue weighted by molar-refractivity contribution is 0.639. The molecule has 1 rings (SSSR count). The first-order valence-corrected chi connectivity index (χ1v) is 6.86. The molecule has 0 saturated carbocycles. The number of hydrogen-bond acceptors (Lipinski definition) is 3. The zero-order valence-electron chi connectivity index (χ0n) is 9.07. The van der Waals surface area contributed by atoms with Crippen LogP contribution in [0.2, 0.25) is 0 Å². The summed E-state index contributed by atoms with van der Waals surface area (Å²) >= 11 is 3.80. The smallest absolute Gasteiger partial charge is 0.0516 e. The van der Waals surface area contributed by atoms with Gasteiger partial charge in [-0.15, -0.1) is 23.1 Å². The van der Waals surface area contributed by atoms with Gasteiger partial charge in [-0.3, -0.25) is 0 Å². The minimum Gasteiger partial charge on any atom is -0.329 e. The van der Waals surface area contributed by atoms with Gasteiger partial charge in [-0.25, -0.2) is 0 Å². The van der Waals surface area contributed by atoms with Crippen molar-refractivity contribution in [2.75, 3.05) is 6.54 Å². The lowest BCUT2D eigenvalue weighted by atomic mass is 10.2. The van der Waals surface area contributed by atoms with Gasteiger partial charge in [0.25, 0.3) is 0 Å². The van der Waals surface area contributed by atoms with Crippen molar-refractivity contribution in [1.29, 1.82) is 0 Å². The zero-order chi connectivity index (χ0) is 10.6. The number of hydrogen-bond donors (Lipinski definition) is 1. The first-order chi connectivity index (χ1) is 6.65. The summed E-state index contributed by atoms with van der Waals surface area (Å²) in [5.41, 5.74) is 5.80. The van der Waals surface area contributed by atoms with Gasteiger partial charge < -0.3 is 5.73 Å². The van der Waals surface area contributed by atoms with Crippen molar-refractivity contribution in [3.63, 3.8) is 0 Å². The lowest BCUT2D eigenvalue weighted by Gasteiger charge is -2.21. The van der Waals surface area contributed by atoms with Crippen LogP contribution in [0.5, 0.6) is 0 Å². The first kappa shape index (κ1) is 12.1. The molecule has 1 heterocycles. The fourth-order valence-corrected chi connectivity index (χ4v) is 3.34. The van der Waals surface area contributed by atoms with Crippen molar-refractivity contribution in [2.45, 2.75) is 31.3 Å². The van der Waals surface area contributed by atoms with E-state index in [1.807, 2.05) is 23.1 Å². The van der Waals surface area contributed by atoms with Crippen LogP contribution in [0.25, 0.3) is 0 Å². The van der Waals surface area contributed by atoms with Crippen LogP contribution in [-0.4, -0.2) is 11.8 Å². The largest absolute Gasteiger partial charge is 0.329 e. The van der Waals surface area contributed by atoms with E-state index < -0.39 is 0 Å². The van der Waals surface area contributed by atoms with Crippen LogP contribution in [0.1, 0.15) is 30.9 Å². The van der Waals surface area contributed by atoms with Crippen LogP contribution >= 0.6 is 23.1 Å². The number of rotatable bonds is 5.